The lowest BCUT2D eigenvalue weighted by Crippen LogP contribution is -3.19. The molecule has 0 radical (unpaired) electrons. The molecule has 2 fully saturated rings. The molecule has 1 saturated heterocycles. The summed E-state index contributed by atoms with van der Waals surface area (Å²) in [6.45, 7) is 9.31. The number of quaternary nitrogens is 1. The largest absolute Gasteiger partial charge is 0.364 e. The Morgan fingerprint density at radius 2 is 1.67 bits per heavy atom. The summed E-state index contributed by atoms with van der Waals surface area (Å²) in [5.41, 5.74) is 0. The van der Waals surface area contributed by atoms with E-state index in [0.717, 1.165) is 12.0 Å². The third-order valence-electron chi connectivity index (χ3n) is 4.08. The normalized spacial score (nSPS) is 47.8. The molecule has 1 heterocycles. The van der Waals surface area contributed by atoms with Crippen molar-refractivity contribution in [3.8, 4) is 0 Å². The van der Waals surface area contributed by atoms with Crippen molar-refractivity contribution in [3.05, 3.63) is 0 Å². The van der Waals surface area contributed by atoms with Crippen molar-refractivity contribution in [2.75, 3.05) is 13.1 Å². The summed E-state index contributed by atoms with van der Waals surface area (Å²) in [5, 5.41) is 0. The molecule has 5 atom stereocenters. The fourth-order valence-corrected chi connectivity index (χ4v) is 3.45. The van der Waals surface area contributed by atoms with Crippen molar-refractivity contribution < 1.29 is 9.64 Å². The van der Waals surface area contributed by atoms with E-state index >= 15 is 0 Å². The summed E-state index contributed by atoms with van der Waals surface area (Å²) in [6, 6.07) is 0.919. The summed E-state index contributed by atoms with van der Waals surface area (Å²) in [4.78, 5) is 1.81. The van der Waals surface area contributed by atoms with Crippen LogP contribution < -0.4 is 4.90 Å². The zero-order valence-electron chi connectivity index (χ0n) is 10.5. The van der Waals surface area contributed by atoms with Gasteiger partial charge in [0.25, 0.3) is 0 Å². The monoisotopic (exact) mass is 212 g/mol. The number of nitrogens with one attached hydrogen (secondary N) is 1. The molecule has 1 unspecified atom stereocenters. The Morgan fingerprint density at radius 1 is 1.00 bits per heavy atom. The van der Waals surface area contributed by atoms with E-state index in [1.807, 2.05) is 4.90 Å². The van der Waals surface area contributed by atoms with Crippen LogP contribution in [0.15, 0.2) is 0 Å². The van der Waals surface area contributed by atoms with Crippen LogP contribution >= 0.6 is 0 Å². The molecule has 1 aliphatic heterocycles. The molecule has 2 heteroatoms. The van der Waals surface area contributed by atoms with E-state index in [9.17, 15) is 0 Å². The first kappa shape index (κ1) is 11.4. The van der Waals surface area contributed by atoms with E-state index in [4.69, 9.17) is 4.74 Å². The maximum absolute atomic E-state index is 5.81. The minimum Gasteiger partial charge on any atom is -0.364 e. The molecule has 15 heavy (non-hydrogen) atoms. The maximum Gasteiger partial charge on any atom is 0.104 e. The van der Waals surface area contributed by atoms with Crippen LogP contribution in [0.1, 0.15) is 46.5 Å². The van der Waals surface area contributed by atoms with Gasteiger partial charge in [-0.25, -0.2) is 0 Å². The van der Waals surface area contributed by atoms with Gasteiger partial charge in [0.05, 0.1) is 6.04 Å². The van der Waals surface area contributed by atoms with Gasteiger partial charge in [-0.2, -0.15) is 0 Å². The van der Waals surface area contributed by atoms with Gasteiger partial charge in [-0.1, -0.05) is 13.3 Å². The van der Waals surface area contributed by atoms with Gasteiger partial charge in [0, 0.05) is 6.42 Å². The first-order chi connectivity index (χ1) is 7.15. The quantitative estimate of drug-likeness (QED) is 0.691. The predicted octanol–water partition coefficient (Wildman–Crippen LogP) is 1.26. The minimum atomic E-state index is 0.459. The number of hydrogen-bond acceptors (Lipinski definition) is 1. The molecule has 0 bridgehead atoms. The lowest BCUT2D eigenvalue weighted by molar-refractivity contribution is -0.941. The van der Waals surface area contributed by atoms with E-state index in [1.165, 1.54) is 38.8 Å². The number of ether oxygens (including phenoxy) is 1. The molecular weight excluding hydrogens is 186 g/mol. The smallest absolute Gasteiger partial charge is 0.104 e. The fraction of sp³-hybridized carbons (Fsp3) is 1.00. The molecular formula is C13H26NO+. The number of rotatable bonds is 1. The SMILES string of the molecule is C[C@H]1CCC[C@@H]([NH+]2C[C@@H](C)O[C@@H](C)C2)C1. The molecule has 0 spiro atoms. The third kappa shape index (κ3) is 2.94. The van der Waals surface area contributed by atoms with E-state index in [-0.39, 0.29) is 0 Å². The van der Waals surface area contributed by atoms with Crippen molar-refractivity contribution in [1.29, 1.82) is 0 Å². The van der Waals surface area contributed by atoms with Crippen LogP contribution in [0, 0.1) is 5.92 Å². The highest BCUT2D eigenvalue weighted by Gasteiger charge is 2.33. The molecule has 1 N–H and O–H groups in total. The zero-order valence-corrected chi connectivity index (χ0v) is 10.5. The Hall–Kier alpha value is -0.0800. The average molecular weight is 212 g/mol. The molecule has 2 rings (SSSR count). The highest BCUT2D eigenvalue weighted by atomic mass is 16.5. The summed E-state index contributed by atoms with van der Waals surface area (Å²) in [5.74, 6) is 0.949. The van der Waals surface area contributed by atoms with Crippen molar-refractivity contribution in [2.45, 2.75) is 64.7 Å². The van der Waals surface area contributed by atoms with Gasteiger partial charge in [0.15, 0.2) is 0 Å². The molecule has 2 nitrogen and oxygen atoms in total. The molecule has 0 amide bonds. The highest BCUT2D eigenvalue weighted by molar-refractivity contribution is 4.71. The number of morpholine rings is 1. The van der Waals surface area contributed by atoms with Gasteiger partial charge in [0.2, 0.25) is 0 Å². The maximum atomic E-state index is 5.81. The van der Waals surface area contributed by atoms with Crippen LogP contribution in [-0.4, -0.2) is 31.3 Å². The van der Waals surface area contributed by atoms with Crippen LogP contribution in [0.25, 0.3) is 0 Å². The van der Waals surface area contributed by atoms with Gasteiger partial charge in [0.1, 0.15) is 25.3 Å². The second-order valence-electron chi connectivity index (χ2n) is 5.79. The van der Waals surface area contributed by atoms with Crippen LogP contribution in [0.5, 0.6) is 0 Å². The Morgan fingerprint density at radius 3 is 2.27 bits per heavy atom. The molecule has 0 aromatic carbocycles. The molecule has 0 aromatic rings. The predicted molar refractivity (Wildman–Crippen MR) is 62.1 cm³/mol. The fourth-order valence-electron chi connectivity index (χ4n) is 3.45. The van der Waals surface area contributed by atoms with Gasteiger partial charge in [-0.3, -0.25) is 0 Å². The summed E-state index contributed by atoms with van der Waals surface area (Å²) >= 11 is 0. The number of hydrogen-bond donors (Lipinski definition) is 1. The second-order valence-corrected chi connectivity index (χ2v) is 5.79. The van der Waals surface area contributed by atoms with Crippen molar-refractivity contribution in [1.82, 2.24) is 0 Å². The highest BCUT2D eigenvalue weighted by Crippen LogP contribution is 2.22. The van der Waals surface area contributed by atoms with Gasteiger partial charge >= 0.3 is 0 Å². The molecule has 1 saturated carbocycles. The summed E-state index contributed by atoms with van der Waals surface area (Å²) in [7, 11) is 0. The topological polar surface area (TPSA) is 13.7 Å². The van der Waals surface area contributed by atoms with E-state index in [2.05, 4.69) is 20.8 Å². The van der Waals surface area contributed by atoms with Crippen molar-refractivity contribution in [3.63, 3.8) is 0 Å². The second kappa shape index (κ2) is 4.84. The third-order valence-corrected chi connectivity index (χ3v) is 4.08. The van der Waals surface area contributed by atoms with Crippen LogP contribution in [0.4, 0.5) is 0 Å². The van der Waals surface area contributed by atoms with Crippen molar-refractivity contribution >= 4 is 0 Å². The summed E-state index contributed by atoms with van der Waals surface area (Å²) in [6.07, 6.45) is 6.69. The molecule has 2 aliphatic rings. The van der Waals surface area contributed by atoms with E-state index < -0.39 is 0 Å². The lowest BCUT2D eigenvalue weighted by atomic mass is 9.86. The molecule has 88 valence electrons. The average Bonchev–Trinajstić information content (AvgIpc) is 2.16. The van der Waals surface area contributed by atoms with Crippen LogP contribution in [0.2, 0.25) is 0 Å². The molecule has 1 aliphatic carbocycles. The lowest BCUT2D eigenvalue weighted by Gasteiger charge is -2.40. The first-order valence-corrected chi connectivity index (χ1v) is 6.65. The van der Waals surface area contributed by atoms with Gasteiger partial charge in [-0.05, 0) is 32.6 Å². The van der Waals surface area contributed by atoms with Crippen molar-refractivity contribution in [2.24, 2.45) is 5.92 Å². The minimum absolute atomic E-state index is 0.459. The van der Waals surface area contributed by atoms with Crippen LogP contribution in [-0.2, 0) is 4.74 Å². The van der Waals surface area contributed by atoms with Gasteiger partial charge in [-0.15, -0.1) is 0 Å². The Bertz CT molecular complexity index is 197. The summed E-state index contributed by atoms with van der Waals surface area (Å²) < 4.78 is 5.81. The molecule has 0 aromatic heterocycles. The van der Waals surface area contributed by atoms with E-state index in [1.54, 1.807) is 0 Å². The standard InChI is InChI=1S/C13H25NO/c1-10-5-4-6-13(7-10)14-8-11(2)15-12(3)9-14/h10-13H,4-9H2,1-3H3/p+1/t10-,11-,12+,13+/m0/s1. The van der Waals surface area contributed by atoms with Gasteiger partial charge < -0.3 is 9.64 Å². The van der Waals surface area contributed by atoms with Crippen LogP contribution in [0.3, 0.4) is 0 Å². The zero-order chi connectivity index (χ0) is 10.8. The van der Waals surface area contributed by atoms with E-state index in [0.29, 0.717) is 12.2 Å². The Kier molecular flexibility index (Phi) is 3.68. The Labute approximate surface area is 94.0 Å². The first-order valence-electron chi connectivity index (χ1n) is 6.65. The Balaban J connectivity index is 1.91.